The Morgan fingerprint density at radius 3 is 2.12 bits per heavy atom. The summed E-state index contributed by atoms with van der Waals surface area (Å²) in [5.74, 6) is 0.0892. The Morgan fingerprint density at radius 1 is 1.00 bits per heavy atom. The molecule has 2 aliphatic rings. The van der Waals surface area contributed by atoms with Crippen molar-refractivity contribution >= 4 is 0 Å². The lowest BCUT2D eigenvalue weighted by molar-refractivity contribution is -0.0238. The molecule has 1 aromatic carbocycles. The quantitative estimate of drug-likeness (QED) is 0.625. The standard InChI is InChI=1S/C14H18FN.C7H16O/c15-14-12(10-16-8-9-16)7-6-11-4-2-1-3-5-13(11)14;1-6(2,3)7(4,5)8/h6-7H,1-5,8-10H2;8H,1-5H3. The minimum atomic E-state index is -0.562. The van der Waals surface area contributed by atoms with E-state index >= 15 is 0 Å². The molecule has 3 heteroatoms. The summed E-state index contributed by atoms with van der Waals surface area (Å²) >= 11 is 0. The van der Waals surface area contributed by atoms with Crippen LogP contribution in [0.1, 0.15) is 70.6 Å². The molecule has 0 unspecified atom stereocenters. The minimum Gasteiger partial charge on any atom is -0.390 e. The van der Waals surface area contributed by atoms with Gasteiger partial charge in [0.2, 0.25) is 0 Å². The first-order chi connectivity index (χ1) is 11.1. The van der Waals surface area contributed by atoms with Crippen LogP contribution in [0.25, 0.3) is 0 Å². The van der Waals surface area contributed by atoms with Crippen molar-refractivity contribution in [1.29, 1.82) is 0 Å². The molecule has 2 nitrogen and oxygen atoms in total. The number of aryl methyl sites for hydroxylation is 1. The first-order valence-corrected chi connectivity index (χ1v) is 9.33. The van der Waals surface area contributed by atoms with Gasteiger partial charge in [-0.1, -0.05) is 39.3 Å². The van der Waals surface area contributed by atoms with Crippen molar-refractivity contribution in [1.82, 2.24) is 4.90 Å². The zero-order valence-corrected chi connectivity index (χ0v) is 16.1. The summed E-state index contributed by atoms with van der Waals surface area (Å²) in [6.07, 6.45) is 5.62. The Kier molecular flexibility index (Phi) is 6.09. The number of benzene rings is 1. The van der Waals surface area contributed by atoms with E-state index in [9.17, 15) is 9.50 Å². The lowest BCUT2D eigenvalue weighted by Gasteiger charge is -2.33. The van der Waals surface area contributed by atoms with Crippen molar-refractivity contribution in [3.63, 3.8) is 0 Å². The Bertz CT molecular complexity index is 538. The second-order valence-electron chi connectivity index (χ2n) is 8.82. The number of hydrogen-bond acceptors (Lipinski definition) is 2. The average Bonchev–Trinajstić information content (AvgIpc) is 3.27. The Balaban J connectivity index is 0.000000224. The van der Waals surface area contributed by atoms with Crippen LogP contribution in [-0.4, -0.2) is 28.7 Å². The van der Waals surface area contributed by atoms with E-state index in [1.54, 1.807) is 0 Å². The van der Waals surface area contributed by atoms with E-state index in [1.807, 2.05) is 40.7 Å². The zero-order chi connectivity index (χ0) is 18.0. The maximum absolute atomic E-state index is 14.3. The minimum absolute atomic E-state index is 0.00694. The highest BCUT2D eigenvalue weighted by atomic mass is 19.1. The third-order valence-electron chi connectivity index (χ3n) is 5.56. The number of rotatable bonds is 2. The molecule has 0 spiro atoms. The van der Waals surface area contributed by atoms with Gasteiger partial charge in [-0.15, -0.1) is 0 Å². The predicted molar refractivity (Wildman–Crippen MR) is 98.7 cm³/mol. The van der Waals surface area contributed by atoms with Crippen LogP contribution in [0.2, 0.25) is 0 Å². The largest absolute Gasteiger partial charge is 0.390 e. The maximum atomic E-state index is 14.3. The molecule has 0 amide bonds. The van der Waals surface area contributed by atoms with Gasteiger partial charge < -0.3 is 5.11 Å². The summed E-state index contributed by atoms with van der Waals surface area (Å²) in [6.45, 7) is 12.8. The van der Waals surface area contributed by atoms with Gasteiger partial charge in [0, 0.05) is 25.2 Å². The Morgan fingerprint density at radius 2 is 1.58 bits per heavy atom. The molecule has 1 saturated heterocycles. The summed E-state index contributed by atoms with van der Waals surface area (Å²) in [4.78, 5) is 2.27. The first kappa shape index (κ1) is 19.4. The van der Waals surface area contributed by atoms with Crippen LogP contribution in [0.4, 0.5) is 4.39 Å². The summed E-state index contributed by atoms with van der Waals surface area (Å²) in [7, 11) is 0. The third-order valence-corrected chi connectivity index (χ3v) is 5.56. The smallest absolute Gasteiger partial charge is 0.131 e. The molecule has 0 aromatic heterocycles. The van der Waals surface area contributed by atoms with E-state index in [4.69, 9.17) is 0 Å². The number of nitrogens with zero attached hydrogens (tertiary/aromatic N) is 1. The van der Waals surface area contributed by atoms with Gasteiger partial charge in [0.1, 0.15) is 5.82 Å². The van der Waals surface area contributed by atoms with Crippen LogP contribution >= 0.6 is 0 Å². The molecular weight excluding hydrogens is 301 g/mol. The van der Waals surface area contributed by atoms with Gasteiger partial charge in [-0.2, -0.15) is 0 Å². The highest BCUT2D eigenvalue weighted by Gasteiger charge is 2.29. The van der Waals surface area contributed by atoms with Crippen LogP contribution in [0, 0.1) is 11.2 Å². The van der Waals surface area contributed by atoms with Crippen molar-refractivity contribution in [2.45, 2.75) is 78.9 Å². The van der Waals surface area contributed by atoms with Crippen molar-refractivity contribution in [3.05, 3.63) is 34.6 Å². The molecule has 1 aliphatic carbocycles. The van der Waals surface area contributed by atoms with Crippen LogP contribution in [0.15, 0.2) is 12.1 Å². The summed E-state index contributed by atoms with van der Waals surface area (Å²) in [5, 5.41) is 9.35. The maximum Gasteiger partial charge on any atom is 0.131 e. The van der Waals surface area contributed by atoms with Crippen LogP contribution in [-0.2, 0) is 19.4 Å². The molecule has 136 valence electrons. The molecule has 1 fully saturated rings. The topological polar surface area (TPSA) is 23.2 Å². The molecule has 0 radical (unpaired) electrons. The molecule has 0 atom stereocenters. The number of halogens is 1. The SMILES string of the molecule is CC(C)(C)C(C)(C)O.Fc1c(CN2CC2)ccc2c1CCCCC2. The second-order valence-corrected chi connectivity index (χ2v) is 8.82. The van der Waals surface area contributed by atoms with E-state index in [-0.39, 0.29) is 11.2 Å². The van der Waals surface area contributed by atoms with Crippen LogP contribution < -0.4 is 0 Å². The molecule has 24 heavy (non-hydrogen) atoms. The molecular formula is C21H34FNO. The Hall–Kier alpha value is -0.930. The van der Waals surface area contributed by atoms with Crippen molar-refractivity contribution < 1.29 is 9.50 Å². The number of fused-ring (bicyclic) bond motifs is 1. The molecule has 1 aliphatic heterocycles. The summed E-state index contributed by atoms with van der Waals surface area (Å²) in [6, 6.07) is 4.15. The highest BCUT2D eigenvalue weighted by Crippen LogP contribution is 2.28. The zero-order valence-electron chi connectivity index (χ0n) is 16.1. The molecule has 0 bridgehead atoms. The van der Waals surface area contributed by atoms with E-state index in [0.29, 0.717) is 0 Å². The van der Waals surface area contributed by atoms with Gasteiger partial charge in [0.05, 0.1) is 5.60 Å². The lowest BCUT2D eigenvalue weighted by atomic mass is 9.79. The fraction of sp³-hybridized carbons (Fsp3) is 0.714. The second kappa shape index (κ2) is 7.53. The van der Waals surface area contributed by atoms with Crippen LogP contribution in [0.3, 0.4) is 0 Å². The molecule has 1 heterocycles. The van der Waals surface area contributed by atoms with Crippen LogP contribution in [0.5, 0.6) is 0 Å². The molecule has 0 saturated carbocycles. The van der Waals surface area contributed by atoms with Crippen molar-refractivity contribution in [2.75, 3.05) is 13.1 Å². The monoisotopic (exact) mass is 335 g/mol. The van der Waals surface area contributed by atoms with Gasteiger partial charge in [0.15, 0.2) is 0 Å². The highest BCUT2D eigenvalue weighted by molar-refractivity contribution is 5.35. The lowest BCUT2D eigenvalue weighted by Crippen LogP contribution is -2.35. The van der Waals surface area contributed by atoms with E-state index in [0.717, 1.165) is 50.0 Å². The van der Waals surface area contributed by atoms with Crippen molar-refractivity contribution in [3.8, 4) is 0 Å². The van der Waals surface area contributed by atoms with Gasteiger partial charge in [0.25, 0.3) is 0 Å². The molecule has 1 N–H and O–H groups in total. The summed E-state index contributed by atoms with van der Waals surface area (Å²) in [5.41, 5.74) is 2.60. The van der Waals surface area contributed by atoms with Gasteiger partial charge in [-0.05, 0) is 56.1 Å². The molecule has 1 aromatic rings. The Labute approximate surface area is 147 Å². The average molecular weight is 336 g/mol. The first-order valence-electron chi connectivity index (χ1n) is 9.33. The van der Waals surface area contributed by atoms with E-state index in [1.165, 1.54) is 18.4 Å². The van der Waals surface area contributed by atoms with Gasteiger partial charge in [-0.25, -0.2) is 4.39 Å². The van der Waals surface area contributed by atoms with Gasteiger partial charge >= 0.3 is 0 Å². The normalized spacial score (nSPS) is 18.3. The third kappa shape index (κ3) is 5.29. The van der Waals surface area contributed by atoms with Gasteiger partial charge in [-0.3, -0.25) is 4.90 Å². The predicted octanol–water partition coefficient (Wildman–Crippen LogP) is 4.71. The fourth-order valence-electron chi connectivity index (χ4n) is 2.60. The van der Waals surface area contributed by atoms with E-state index < -0.39 is 5.60 Å². The molecule has 3 rings (SSSR count). The number of hydrogen-bond donors (Lipinski definition) is 1. The fourth-order valence-corrected chi connectivity index (χ4v) is 2.60. The number of aliphatic hydroxyl groups is 1. The van der Waals surface area contributed by atoms with Crippen molar-refractivity contribution in [2.24, 2.45) is 5.41 Å². The van der Waals surface area contributed by atoms with E-state index in [2.05, 4.69) is 11.0 Å². The summed E-state index contributed by atoms with van der Waals surface area (Å²) < 4.78 is 14.3.